The maximum Gasteiger partial charge on any atom is 1.00 e. The van der Waals surface area contributed by atoms with E-state index in [-0.39, 0.29) is 138 Å². The summed E-state index contributed by atoms with van der Waals surface area (Å²) in [6.45, 7) is 14.0. The Balaban J connectivity index is 0. The molecular formula is C40H41BrCl3K2N5O2S4. The van der Waals surface area contributed by atoms with E-state index in [1.165, 1.54) is 33.6 Å². The number of nitrogens with one attached hydrogen (secondary N) is 1. The number of halogens is 4. The number of thioether (sulfide) groups is 1. The smallest absolute Gasteiger partial charge is 0.782 e. The molecule has 5 rings (SSSR count). The van der Waals surface area contributed by atoms with Gasteiger partial charge in [0.15, 0.2) is 10.1 Å². The van der Waals surface area contributed by atoms with Crippen molar-refractivity contribution < 1.29 is 112 Å². The molecule has 0 aliphatic heterocycles. The molecule has 0 radical (unpaired) electrons. The summed E-state index contributed by atoms with van der Waals surface area (Å²) in [6, 6.07) is 27.9. The summed E-state index contributed by atoms with van der Waals surface area (Å²) in [5.41, 5.74) is 14.4. The molecule has 1 heterocycles. The topological polar surface area (TPSA) is 102 Å². The van der Waals surface area contributed by atoms with Gasteiger partial charge in [-0.1, -0.05) is 142 Å². The van der Waals surface area contributed by atoms with Gasteiger partial charge in [-0.3, -0.25) is 9.59 Å². The molecule has 0 saturated heterocycles. The largest absolute Gasteiger partial charge is 1.00 e. The molecule has 0 saturated carbocycles. The second-order valence-electron chi connectivity index (χ2n) is 11.3. The van der Waals surface area contributed by atoms with E-state index < -0.39 is 0 Å². The molecule has 0 aliphatic carbocycles. The van der Waals surface area contributed by atoms with Gasteiger partial charge in [-0.05, 0) is 67.6 Å². The van der Waals surface area contributed by atoms with Crippen LogP contribution in [0, 0.1) is 34.3 Å². The molecule has 0 fully saturated rings. The number of anilines is 2. The number of para-hydroxylation sites is 1. The van der Waals surface area contributed by atoms with Gasteiger partial charge in [-0.2, -0.15) is 10.9 Å². The maximum absolute atomic E-state index is 12.6. The van der Waals surface area contributed by atoms with Gasteiger partial charge in [0.1, 0.15) is 10.7 Å². The Kier molecular flexibility index (Phi) is 33.9. The van der Waals surface area contributed by atoms with Gasteiger partial charge >= 0.3 is 103 Å². The first-order valence-corrected chi connectivity index (χ1v) is 20.9. The molecule has 292 valence electrons. The molecule has 7 nitrogen and oxygen atoms in total. The van der Waals surface area contributed by atoms with E-state index in [0.717, 1.165) is 32.1 Å². The van der Waals surface area contributed by atoms with Crippen LogP contribution in [0.2, 0.25) is 10.0 Å². The Labute approximate surface area is 465 Å². The van der Waals surface area contributed by atoms with E-state index in [1.807, 2.05) is 38.1 Å². The number of carbonyl (C=O) groups is 2. The van der Waals surface area contributed by atoms with E-state index >= 15 is 0 Å². The third kappa shape index (κ3) is 23.2. The average molecular weight is 1020 g/mol. The number of Topliss-reactive ketones (excluding diaryl/α,β-unsaturated/α-hetero) is 1. The molecule has 1 amide bonds. The van der Waals surface area contributed by atoms with Crippen LogP contribution in [0.15, 0.2) is 94.4 Å². The standard InChI is InChI=1S/C19H18ClN3OS2.C10H10Cl2O.C8H9Br.C2H2N2S2.CH4.2K/c1-11-6-8-13(9-7-11)10-25-19-23-17(21)16(26-19)18(24)22-15-12(2)4-3-5-14(15)20;1-7-3-2-4-10(12)9(7)5-8(13)6-11;1-7-2-4-8(6-9)5-3-7;1-3-4-2(5)6;;;/h3-9H,10,21H2,1-2H3,(H,22,24);2-4H,5-6H2,1H3;2-5H,6H2,1H3;(H2,4,5,6);1H4;;/q;;;;;2*+1/p-2. The monoisotopic (exact) mass is 1010 g/mol. The van der Waals surface area contributed by atoms with Crippen LogP contribution in [0.3, 0.4) is 0 Å². The van der Waals surface area contributed by atoms with Crippen molar-refractivity contribution in [2.24, 2.45) is 5.10 Å². The van der Waals surface area contributed by atoms with Crippen molar-refractivity contribution in [2.75, 3.05) is 16.9 Å². The van der Waals surface area contributed by atoms with Crippen LogP contribution in [0.4, 0.5) is 11.5 Å². The summed E-state index contributed by atoms with van der Waals surface area (Å²) in [6.07, 6.45) is 0.328. The minimum Gasteiger partial charge on any atom is -0.782 e. The third-order valence-electron chi connectivity index (χ3n) is 7.07. The van der Waals surface area contributed by atoms with Crippen molar-refractivity contribution in [3.63, 3.8) is 0 Å². The zero-order valence-electron chi connectivity index (χ0n) is 31.8. The zero-order valence-corrected chi connectivity index (χ0v) is 45.2. The van der Waals surface area contributed by atoms with Crippen LogP contribution in [0.25, 0.3) is 4.95 Å². The summed E-state index contributed by atoms with van der Waals surface area (Å²) in [5.74, 6) is 0.766. The SMILES string of the molecule is C.Cc1ccc(CBr)cc1.Cc1ccc(CSc2nc(N)c(C(=O)Nc3c(C)cccc3Cl)s2)cc1.Cc1cccc(Cl)c1CC(=O)CCl.[C-]#[N+]N=C([S-])[S-].[K+].[K+]. The first kappa shape index (κ1) is 59.1. The van der Waals surface area contributed by atoms with Crippen LogP contribution >= 0.6 is 73.8 Å². The van der Waals surface area contributed by atoms with E-state index in [1.54, 1.807) is 23.9 Å². The van der Waals surface area contributed by atoms with E-state index in [9.17, 15) is 9.59 Å². The quantitative estimate of drug-likeness (QED) is 0.0260. The van der Waals surface area contributed by atoms with E-state index in [4.69, 9.17) is 47.1 Å². The second-order valence-corrected chi connectivity index (χ2v) is 16.2. The van der Waals surface area contributed by atoms with Crippen molar-refractivity contribution in [2.45, 2.75) is 57.0 Å². The molecule has 0 spiro atoms. The summed E-state index contributed by atoms with van der Waals surface area (Å²) in [5, 5.41) is 7.89. The van der Waals surface area contributed by atoms with Crippen molar-refractivity contribution in [3.05, 3.63) is 150 Å². The number of amides is 1. The van der Waals surface area contributed by atoms with Crippen LogP contribution in [-0.2, 0) is 47.6 Å². The van der Waals surface area contributed by atoms with Gasteiger partial charge in [0.05, 0.1) is 16.6 Å². The molecule has 17 heteroatoms. The van der Waals surface area contributed by atoms with Crippen LogP contribution in [0.1, 0.15) is 56.0 Å². The number of nitrogens with two attached hydrogens (primary N) is 1. The van der Waals surface area contributed by atoms with Crippen LogP contribution < -0.4 is 114 Å². The Hall–Kier alpha value is 0.0227. The number of thiazole rings is 1. The van der Waals surface area contributed by atoms with E-state index in [0.29, 0.717) is 27.0 Å². The van der Waals surface area contributed by atoms with Crippen molar-refractivity contribution in [3.8, 4) is 0 Å². The predicted molar refractivity (Wildman–Crippen MR) is 246 cm³/mol. The number of hydrogen-bond donors (Lipinski definition) is 2. The van der Waals surface area contributed by atoms with Gasteiger partial charge in [0.25, 0.3) is 5.91 Å². The molecule has 0 aliphatic rings. The van der Waals surface area contributed by atoms with Gasteiger partial charge in [0.2, 0.25) is 0 Å². The summed E-state index contributed by atoms with van der Waals surface area (Å²) >= 11 is 32.2. The van der Waals surface area contributed by atoms with E-state index in [2.05, 4.69) is 124 Å². The van der Waals surface area contributed by atoms with Gasteiger partial charge < -0.3 is 36.3 Å². The van der Waals surface area contributed by atoms with Gasteiger partial charge in [-0.25, -0.2) is 4.98 Å². The fraction of sp³-hybridized carbons (Fsp3) is 0.225. The molecule has 0 unspecified atom stereocenters. The maximum atomic E-state index is 12.6. The first-order valence-electron chi connectivity index (χ1n) is 15.9. The Bertz CT molecular complexity index is 2020. The number of rotatable bonds is 9. The Morgan fingerprint density at radius 1 is 0.895 bits per heavy atom. The summed E-state index contributed by atoms with van der Waals surface area (Å²) in [4.78, 5) is 31.0. The third-order valence-corrected chi connectivity index (χ3v) is 11.1. The number of benzene rings is 4. The van der Waals surface area contributed by atoms with Crippen molar-refractivity contribution in [1.82, 2.24) is 4.98 Å². The minimum atomic E-state index is -0.293. The average Bonchev–Trinajstić information content (AvgIpc) is 3.52. The van der Waals surface area contributed by atoms with Gasteiger partial charge in [0, 0.05) is 27.6 Å². The molecule has 3 N–H and O–H groups in total. The summed E-state index contributed by atoms with van der Waals surface area (Å²) in [7, 11) is 0. The molecule has 5 aromatic rings. The molecule has 4 aromatic carbocycles. The normalized spacial score (nSPS) is 9.32. The van der Waals surface area contributed by atoms with Crippen LogP contribution in [-0.4, -0.2) is 26.9 Å². The number of hydrogen-bond acceptors (Lipinski definition) is 9. The summed E-state index contributed by atoms with van der Waals surface area (Å²) < 4.78 is 0.745. The molecule has 0 bridgehead atoms. The number of aromatic nitrogens is 1. The second kappa shape index (κ2) is 32.7. The number of nitrogen functional groups attached to an aromatic ring is 1. The number of ketones is 1. The number of carbonyl (C=O) groups excluding carboxylic acids is 2. The minimum absolute atomic E-state index is 0. The molecule has 1 aromatic heterocycles. The number of nitrogens with zero attached hydrogens (tertiary/aromatic N) is 3. The zero-order chi connectivity index (χ0) is 40.2. The predicted octanol–water partition coefficient (Wildman–Crippen LogP) is 6.34. The fourth-order valence-corrected chi connectivity index (χ4v) is 7.21. The molecular weight excluding hydrogens is 975 g/mol. The van der Waals surface area contributed by atoms with Crippen LogP contribution in [0.5, 0.6) is 0 Å². The Morgan fingerprint density at radius 3 is 1.88 bits per heavy atom. The van der Waals surface area contributed by atoms with Gasteiger partial charge in [-0.15, -0.1) is 27.9 Å². The molecule has 0 atom stereocenters. The number of alkyl halides is 2. The Morgan fingerprint density at radius 2 is 1.42 bits per heavy atom. The first-order chi connectivity index (χ1) is 25.7. The van der Waals surface area contributed by atoms with Crippen molar-refractivity contribution in [1.29, 1.82) is 0 Å². The fourth-order valence-electron chi connectivity index (χ4n) is 4.18. The number of aryl methyl sites for hydroxylation is 4. The molecule has 57 heavy (non-hydrogen) atoms. The van der Waals surface area contributed by atoms with Crippen molar-refractivity contribution >= 4 is 127 Å².